The Balaban J connectivity index is 3.14. The smallest absolute Gasteiger partial charge is 0.200 e. The molecule has 0 unspecified atom stereocenters. The molecule has 0 spiro atoms. The molecule has 0 heterocycles. The SMILES string of the molecule is FC(F)(F)c1cccc(C(F)(F)CBr)c1. The summed E-state index contributed by atoms with van der Waals surface area (Å²) in [6, 6.07) is 3.15. The van der Waals surface area contributed by atoms with E-state index in [-0.39, 0.29) is 0 Å². The first-order chi connectivity index (χ1) is 6.77. The van der Waals surface area contributed by atoms with E-state index in [1.807, 2.05) is 0 Å². The molecule has 1 aromatic rings. The summed E-state index contributed by atoms with van der Waals surface area (Å²) in [5.41, 5.74) is -1.71. The molecule has 0 N–H and O–H groups in total. The van der Waals surface area contributed by atoms with Gasteiger partial charge in [0, 0.05) is 5.56 Å². The van der Waals surface area contributed by atoms with Crippen molar-refractivity contribution in [2.45, 2.75) is 12.1 Å². The van der Waals surface area contributed by atoms with Crippen molar-refractivity contribution in [1.29, 1.82) is 0 Å². The fraction of sp³-hybridized carbons (Fsp3) is 0.333. The highest BCUT2D eigenvalue weighted by Gasteiger charge is 2.35. The van der Waals surface area contributed by atoms with Crippen LogP contribution in [0.1, 0.15) is 11.1 Å². The highest BCUT2D eigenvalue weighted by molar-refractivity contribution is 9.09. The van der Waals surface area contributed by atoms with E-state index in [0.717, 1.165) is 18.2 Å². The highest BCUT2D eigenvalue weighted by Crippen LogP contribution is 2.35. The molecule has 0 amide bonds. The first kappa shape index (κ1) is 12.4. The largest absolute Gasteiger partial charge is 0.416 e. The van der Waals surface area contributed by atoms with Crippen LogP contribution in [-0.2, 0) is 12.1 Å². The van der Waals surface area contributed by atoms with Gasteiger partial charge in [0.05, 0.1) is 10.9 Å². The van der Waals surface area contributed by atoms with Crippen molar-refractivity contribution in [3.05, 3.63) is 35.4 Å². The molecule has 0 nitrogen and oxygen atoms in total. The minimum atomic E-state index is -4.60. The Morgan fingerprint density at radius 3 is 2.00 bits per heavy atom. The molecule has 0 bridgehead atoms. The zero-order chi connectivity index (χ0) is 11.7. The van der Waals surface area contributed by atoms with Crippen LogP contribution in [0.5, 0.6) is 0 Å². The second-order valence-electron chi connectivity index (χ2n) is 2.92. The van der Waals surface area contributed by atoms with Gasteiger partial charge in [0.1, 0.15) is 0 Å². The Kier molecular flexibility index (Phi) is 3.38. The van der Waals surface area contributed by atoms with Gasteiger partial charge in [-0.2, -0.15) is 13.2 Å². The normalized spacial score (nSPS) is 12.9. The van der Waals surface area contributed by atoms with Gasteiger partial charge >= 0.3 is 6.18 Å². The molecule has 84 valence electrons. The van der Waals surface area contributed by atoms with Gasteiger partial charge < -0.3 is 0 Å². The van der Waals surface area contributed by atoms with E-state index < -0.39 is 28.6 Å². The number of hydrogen-bond donors (Lipinski definition) is 0. The van der Waals surface area contributed by atoms with E-state index in [9.17, 15) is 22.0 Å². The molecule has 0 radical (unpaired) electrons. The maximum atomic E-state index is 13.0. The lowest BCUT2D eigenvalue weighted by Crippen LogP contribution is -2.16. The number of rotatable bonds is 2. The zero-order valence-electron chi connectivity index (χ0n) is 7.28. The Labute approximate surface area is 91.2 Å². The maximum absolute atomic E-state index is 13.0. The average Bonchev–Trinajstić information content (AvgIpc) is 2.17. The van der Waals surface area contributed by atoms with Crippen molar-refractivity contribution in [3.63, 3.8) is 0 Å². The van der Waals surface area contributed by atoms with Crippen molar-refractivity contribution >= 4 is 15.9 Å². The third-order valence-corrected chi connectivity index (χ3v) is 2.48. The Bertz CT molecular complexity index is 345. The minimum Gasteiger partial charge on any atom is -0.200 e. The summed E-state index contributed by atoms with van der Waals surface area (Å²) in [4.78, 5) is 0. The zero-order valence-corrected chi connectivity index (χ0v) is 8.87. The molecular formula is C9H6BrF5. The molecule has 0 aliphatic rings. The molecule has 1 rings (SSSR count). The summed E-state index contributed by atoms with van der Waals surface area (Å²) in [6.07, 6.45) is -4.60. The van der Waals surface area contributed by atoms with Gasteiger partial charge in [-0.15, -0.1) is 0 Å². The van der Waals surface area contributed by atoms with Crippen LogP contribution in [0.3, 0.4) is 0 Å². The molecule has 15 heavy (non-hydrogen) atoms. The predicted octanol–water partition coefficient (Wildman–Crippen LogP) is 4.19. The third kappa shape index (κ3) is 2.90. The predicted molar refractivity (Wildman–Crippen MR) is 49.1 cm³/mol. The van der Waals surface area contributed by atoms with Crippen LogP contribution in [0.4, 0.5) is 22.0 Å². The maximum Gasteiger partial charge on any atom is 0.416 e. The van der Waals surface area contributed by atoms with E-state index in [1.54, 1.807) is 0 Å². The van der Waals surface area contributed by atoms with Crippen LogP contribution in [0.25, 0.3) is 0 Å². The standard InChI is InChI=1S/C9H6BrF5/c10-5-8(11,12)6-2-1-3-7(4-6)9(13,14)15/h1-4H,5H2. The monoisotopic (exact) mass is 288 g/mol. The van der Waals surface area contributed by atoms with E-state index in [1.165, 1.54) is 0 Å². The average molecular weight is 289 g/mol. The lowest BCUT2D eigenvalue weighted by Gasteiger charge is -2.15. The summed E-state index contributed by atoms with van der Waals surface area (Å²) in [5.74, 6) is -3.29. The second kappa shape index (κ2) is 4.08. The lowest BCUT2D eigenvalue weighted by molar-refractivity contribution is -0.137. The second-order valence-corrected chi connectivity index (χ2v) is 3.48. The summed E-state index contributed by atoms with van der Waals surface area (Å²) in [6.45, 7) is 0. The van der Waals surface area contributed by atoms with Crippen molar-refractivity contribution in [2.24, 2.45) is 0 Å². The molecule has 6 heteroatoms. The fourth-order valence-electron chi connectivity index (χ4n) is 1.00. The van der Waals surface area contributed by atoms with Crippen molar-refractivity contribution in [3.8, 4) is 0 Å². The van der Waals surface area contributed by atoms with Crippen molar-refractivity contribution in [2.75, 3.05) is 5.33 Å². The van der Waals surface area contributed by atoms with E-state index in [2.05, 4.69) is 15.9 Å². The Hall–Kier alpha value is -0.650. The number of benzene rings is 1. The first-order valence-electron chi connectivity index (χ1n) is 3.89. The third-order valence-electron chi connectivity index (χ3n) is 1.78. The van der Waals surface area contributed by atoms with Crippen LogP contribution in [0, 0.1) is 0 Å². The van der Waals surface area contributed by atoms with Gasteiger partial charge in [0.25, 0.3) is 5.92 Å². The number of hydrogen-bond acceptors (Lipinski definition) is 0. The van der Waals surface area contributed by atoms with Crippen molar-refractivity contribution < 1.29 is 22.0 Å². The van der Waals surface area contributed by atoms with Gasteiger partial charge in [-0.3, -0.25) is 0 Å². The molecule has 0 aliphatic heterocycles. The molecule has 0 aromatic heterocycles. The molecule has 0 aliphatic carbocycles. The summed E-state index contributed by atoms with van der Waals surface area (Å²) >= 11 is 2.55. The lowest BCUT2D eigenvalue weighted by atomic mass is 10.1. The highest BCUT2D eigenvalue weighted by atomic mass is 79.9. The molecule has 1 aromatic carbocycles. The quantitative estimate of drug-likeness (QED) is 0.565. The molecule has 0 fully saturated rings. The topological polar surface area (TPSA) is 0 Å². The van der Waals surface area contributed by atoms with Crippen LogP contribution < -0.4 is 0 Å². The van der Waals surface area contributed by atoms with Crippen LogP contribution in [0.2, 0.25) is 0 Å². The van der Waals surface area contributed by atoms with Crippen LogP contribution >= 0.6 is 15.9 Å². The molecule has 0 saturated carbocycles. The summed E-state index contributed by atoms with van der Waals surface area (Å²) in [5, 5.41) is -0.707. The molecule has 0 atom stereocenters. The van der Waals surface area contributed by atoms with E-state index in [0.29, 0.717) is 6.07 Å². The van der Waals surface area contributed by atoms with Gasteiger partial charge in [-0.05, 0) is 12.1 Å². The Morgan fingerprint density at radius 1 is 1.00 bits per heavy atom. The Morgan fingerprint density at radius 2 is 1.53 bits per heavy atom. The van der Waals surface area contributed by atoms with Gasteiger partial charge in [0.2, 0.25) is 0 Å². The van der Waals surface area contributed by atoms with Crippen molar-refractivity contribution in [1.82, 2.24) is 0 Å². The van der Waals surface area contributed by atoms with Gasteiger partial charge in [-0.25, -0.2) is 8.78 Å². The summed E-state index contributed by atoms with van der Waals surface area (Å²) < 4.78 is 62.7. The van der Waals surface area contributed by atoms with Gasteiger partial charge in [-0.1, -0.05) is 28.1 Å². The molecular weight excluding hydrogens is 283 g/mol. The number of halogens is 6. The minimum absolute atomic E-state index is 0.460. The molecule has 0 saturated heterocycles. The first-order valence-corrected chi connectivity index (χ1v) is 5.01. The van der Waals surface area contributed by atoms with Crippen LogP contribution in [-0.4, -0.2) is 5.33 Å². The van der Waals surface area contributed by atoms with Crippen LogP contribution in [0.15, 0.2) is 24.3 Å². The van der Waals surface area contributed by atoms with E-state index >= 15 is 0 Å². The fourth-order valence-corrected chi connectivity index (χ4v) is 1.32. The summed E-state index contributed by atoms with van der Waals surface area (Å²) in [7, 11) is 0. The van der Waals surface area contributed by atoms with E-state index in [4.69, 9.17) is 0 Å². The number of alkyl halides is 6. The van der Waals surface area contributed by atoms with Gasteiger partial charge in [0.15, 0.2) is 0 Å².